The van der Waals surface area contributed by atoms with Gasteiger partial charge in [0.2, 0.25) is 0 Å². The zero-order valence-corrected chi connectivity index (χ0v) is 13.2. The van der Waals surface area contributed by atoms with Gasteiger partial charge in [0.05, 0.1) is 6.61 Å². The molecule has 7 heteroatoms. The molecule has 0 aliphatic carbocycles. The minimum absolute atomic E-state index is 0.0225. The highest BCUT2D eigenvalue weighted by Crippen LogP contribution is 2.09. The number of carbonyl (C=O) groups is 3. The summed E-state index contributed by atoms with van der Waals surface area (Å²) in [7, 11) is 0. The number of rotatable bonds is 7. The first-order valence-electron chi connectivity index (χ1n) is 6.80. The van der Waals surface area contributed by atoms with Crippen molar-refractivity contribution in [2.45, 2.75) is 65.3 Å². The fraction of sp³-hybridized carbons (Fsp3) is 0.786. The van der Waals surface area contributed by atoms with Crippen molar-refractivity contribution in [2.75, 3.05) is 6.61 Å². The first kappa shape index (κ1) is 19.4. The summed E-state index contributed by atoms with van der Waals surface area (Å²) in [5.74, 6) is -1.99. The monoisotopic (exact) mass is 304 g/mol. The van der Waals surface area contributed by atoms with Crippen molar-refractivity contribution in [1.82, 2.24) is 0 Å². The van der Waals surface area contributed by atoms with Crippen molar-refractivity contribution in [2.24, 2.45) is 0 Å². The van der Waals surface area contributed by atoms with Crippen LogP contribution >= 0.6 is 0 Å². The predicted molar refractivity (Wildman–Crippen MR) is 73.3 cm³/mol. The van der Waals surface area contributed by atoms with Gasteiger partial charge >= 0.3 is 17.9 Å². The van der Waals surface area contributed by atoms with E-state index in [1.807, 2.05) is 0 Å². The summed E-state index contributed by atoms with van der Waals surface area (Å²) in [6.07, 6.45) is -1.95. The van der Waals surface area contributed by atoms with Gasteiger partial charge in [0.15, 0.2) is 6.10 Å². The van der Waals surface area contributed by atoms with Crippen LogP contribution in [0.25, 0.3) is 0 Å². The van der Waals surface area contributed by atoms with Crippen LogP contribution in [0.4, 0.5) is 0 Å². The van der Waals surface area contributed by atoms with Crippen LogP contribution in [0.5, 0.6) is 0 Å². The van der Waals surface area contributed by atoms with E-state index in [1.165, 1.54) is 13.8 Å². The van der Waals surface area contributed by atoms with Crippen LogP contribution in [0.2, 0.25) is 0 Å². The largest absolute Gasteiger partial charge is 0.463 e. The Morgan fingerprint density at radius 2 is 1.67 bits per heavy atom. The molecule has 0 radical (unpaired) electrons. The van der Waals surface area contributed by atoms with E-state index in [0.29, 0.717) is 6.42 Å². The lowest BCUT2D eigenvalue weighted by molar-refractivity contribution is -0.171. The Labute approximate surface area is 124 Å². The Bertz CT molecular complexity index is 368. The van der Waals surface area contributed by atoms with E-state index < -0.39 is 29.7 Å². The van der Waals surface area contributed by atoms with Gasteiger partial charge in [0.1, 0.15) is 11.7 Å². The topological polar surface area (TPSA) is 99.1 Å². The maximum atomic E-state index is 11.5. The van der Waals surface area contributed by atoms with Crippen LogP contribution in [0.1, 0.15) is 47.5 Å². The minimum atomic E-state index is -1.30. The second-order valence-electron chi connectivity index (χ2n) is 5.61. The molecule has 21 heavy (non-hydrogen) atoms. The molecule has 0 saturated carbocycles. The summed E-state index contributed by atoms with van der Waals surface area (Å²) in [6, 6.07) is 0. The van der Waals surface area contributed by atoms with E-state index in [2.05, 4.69) is 4.74 Å². The van der Waals surface area contributed by atoms with Crippen molar-refractivity contribution >= 4 is 17.9 Å². The molecule has 0 aromatic rings. The van der Waals surface area contributed by atoms with E-state index in [4.69, 9.17) is 14.6 Å². The van der Waals surface area contributed by atoms with Gasteiger partial charge in [0, 0.05) is 6.42 Å². The van der Waals surface area contributed by atoms with Crippen LogP contribution in [0, 0.1) is 0 Å². The van der Waals surface area contributed by atoms with Crippen LogP contribution < -0.4 is 0 Å². The third kappa shape index (κ3) is 9.84. The third-order valence-corrected chi connectivity index (χ3v) is 2.16. The molecule has 0 aromatic heterocycles. The van der Waals surface area contributed by atoms with Crippen molar-refractivity contribution < 1.29 is 33.7 Å². The molecule has 2 unspecified atom stereocenters. The van der Waals surface area contributed by atoms with Gasteiger partial charge < -0.3 is 19.3 Å². The summed E-state index contributed by atoms with van der Waals surface area (Å²) in [6.45, 7) is 7.90. The lowest BCUT2D eigenvalue weighted by Crippen LogP contribution is -2.31. The second-order valence-corrected chi connectivity index (χ2v) is 5.61. The van der Waals surface area contributed by atoms with Gasteiger partial charge in [0.25, 0.3) is 0 Å². The van der Waals surface area contributed by atoms with E-state index in [-0.39, 0.29) is 19.0 Å². The van der Waals surface area contributed by atoms with Crippen LogP contribution in [-0.4, -0.2) is 47.4 Å². The first-order chi connectivity index (χ1) is 9.53. The summed E-state index contributed by atoms with van der Waals surface area (Å²) >= 11 is 0. The summed E-state index contributed by atoms with van der Waals surface area (Å²) < 4.78 is 14.6. The lowest BCUT2D eigenvalue weighted by Gasteiger charge is -2.19. The normalized spacial score (nSPS) is 14.0. The predicted octanol–water partition coefficient (Wildman–Crippen LogP) is 0.964. The molecule has 1 N–H and O–H groups in total. The Morgan fingerprint density at radius 1 is 1.10 bits per heavy atom. The number of aliphatic hydroxyl groups is 1. The number of hydrogen-bond acceptors (Lipinski definition) is 7. The van der Waals surface area contributed by atoms with Gasteiger partial charge in [-0.3, -0.25) is 4.79 Å². The zero-order chi connectivity index (χ0) is 16.6. The molecule has 0 bridgehead atoms. The molecule has 0 amide bonds. The average molecular weight is 304 g/mol. The zero-order valence-electron chi connectivity index (χ0n) is 13.2. The van der Waals surface area contributed by atoms with Crippen LogP contribution in [0.15, 0.2) is 0 Å². The molecule has 0 saturated heterocycles. The Kier molecular flexibility index (Phi) is 7.94. The lowest BCUT2D eigenvalue weighted by atomic mass is 10.2. The van der Waals surface area contributed by atoms with Crippen molar-refractivity contribution in [1.29, 1.82) is 0 Å². The molecule has 0 fully saturated rings. The van der Waals surface area contributed by atoms with Gasteiger partial charge in [-0.05, 0) is 41.0 Å². The molecular weight excluding hydrogens is 280 g/mol. The molecule has 0 aliphatic rings. The van der Waals surface area contributed by atoms with Crippen molar-refractivity contribution in [3.8, 4) is 0 Å². The van der Waals surface area contributed by atoms with E-state index >= 15 is 0 Å². The fourth-order valence-corrected chi connectivity index (χ4v) is 1.22. The van der Waals surface area contributed by atoms with E-state index in [9.17, 15) is 14.4 Å². The van der Waals surface area contributed by atoms with E-state index in [0.717, 1.165) is 0 Å². The molecule has 122 valence electrons. The smallest absolute Gasteiger partial charge is 0.347 e. The van der Waals surface area contributed by atoms with Gasteiger partial charge in [-0.25, -0.2) is 9.59 Å². The third-order valence-electron chi connectivity index (χ3n) is 2.16. The molecule has 2 atom stereocenters. The maximum Gasteiger partial charge on any atom is 0.347 e. The minimum Gasteiger partial charge on any atom is -0.463 e. The van der Waals surface area contributed by atoms with Crippen LogP contribution in [0.3, 0.4) is 0 Å². The van der Waals surface area contributed by atoms with Gasteiger partial charge in [-0.15, -0.1) is 0 Å². The second kappa shape index (κ2) is 8.61. The highest BCUT2D eigenvalue weighted by molar-refractivity contribution is 5.80. The molecule has 0 aliphatic heterocycles. The summed E-state index contributed by atoms with van der Waals surface area (Å²) in [4.78, 5) is 33.9. The fourth-order valence-electron chi connectivity index (χ4n) is 1.22. The van der Waals surface area contributed by atoms with Crippen molar-refractivity contribution in [3.05, 3.63) is 0 Å². The molecule has 0 rings (SSSR count). The van der Waals surface area contributed by atoms with E-state index in [1.54, 1.807) is 20.8 Å². The Balaban J connectivity index is 3.89. The van der Waals surface area contributed by atoms with Crippen molar-refractivity contribution in [3.63, 3.8) is 0 Å². The highest BCUT2D eigenvalue weighted by atomic mass is 16.6. The number of hydrogen-bond donors (Lipinski definition) is 1. The number of esters is 3. The summed E-state index contributed by atoms with van der Waals surface area (Å²) in [5, 5.41) is 8.94. The SMILES string of the molecule is CC(O)C(=O)OC(C)C(=O)OCCCC(=O)OC(C)(C)C. The molecule has 0 aromatic carbocycles. The number of aliphatic hydroxyl groups excluding tert-OH is 1. The Hall–Kier alpha value is -1.63. The van der Waals surface area contributed by atoms with Crippen LogP contribution in [-0.2, 0) is 28.6 Å². The quantitative estimate of drug-likeness (QED) is 0.425. The standard InChI is InChI=1S/C14H24O7/c1-9(15)12(17)20-10(2)13(18)19-8-6-7-11(16)21-14(3,4)5/h9-10,15H,6-8H2,1-5H3. The van der Waals surface area contributed by atoms with Gasteiger partial charge in [-0.2, -0.15) is 0 Å². The maximum absolute atomic E-state index is 11.5. The molecule has 0 spiro atoms. The number of ether oxygens (including phenoxy) is 3. The molecule has 7 nitrogen and oxygen atoms in total. The van der Waals surface area contributed by atoms with Gasteiger partial charge in [-0.1, -0.05) is 0 Å². The first-order valence-corrected chi connectivity index (χ1v) is 6.80. The number of carbonyl (C=O) groups excluding carboxylic acids is 3. The molecule has 0 heterocycles. The summed E-state index contributed by atoms with van der Waals surface area (Å²) in [5.41, 5.74) is -0.544. The average Bonchev–Trinajstić information content (AvgIpc) is 2.31. The molecular formula is C14H24O7. The highest BCUT2D eigenvalue weighted by Gasteiger charge is 2.22. The Morgan fingerprint density at radius 3 is 2.14 bits per heavy atom.